The van der Waals surface area contributed by atoms with Gasteiger partial charge in [0, 0.05) is 0 Å². The average molecular weight is 263 g/mol. The van der Waals surface area contributed by atoms with Gasteiger partial charge in [0.1, 0.15) is 6.04 Å². The van der Waals surface area contributed by atoms with Gasteiger partial charge >= 0.3 is 5.97 Å². The van der Waals surface area contributed by atoms with Crippen LogP contribution in [0.3, 0.4) is 0 Å². The van der Waals surface area contributed by atoms with E-state index < -0.39 is 38.1 Å². The zero-order valence-electron chi connectivity index (χ0n) is 10.5. The SMILES string of the molecule is CC(C)(C)C(C(=O)O)N1C(=O)C(C)(C)S1(=O)=O. The standard InChI is InChI=1S/C10H17NO5S/c1-9(2,3)6(7(12)13)11-8(14)10(4,5)17(11,15)16/h6H,1-5H3,(H,12,13). The summed E-state index contributed by atoms with van der Waals surface area (Å²) in [5, 5.41) is 9.11. The fourth-order valence-electron chi connectivity index (χ4n) is 1.77. The van der Waals surface area contributed by atoms with Crippen molar-refractivity contribution in [3.63, 3.8) is 0 Å². The molecule has 1 fully saturated rings. The van der Waals surface area contributed by atoms with Gasteiger partial charge in [0.05, 0.1) is 0 Å². The lowest BCUT2D eigenvalue weighted by Crippen LogP contribution is -2.73. The Morgan fingerprint density at radius 1 is 1.35 bits per heavy atom. The van der Waals surface area contributed by atoms with E-state index in [1.54, 1.807) is 20.8 Å². The van der Waals surface area contributed by atoms with Gasteiger partial charge in [0.2, 0.25) is 0 Å². The molecule has 17 heavy (non-hydrogen) atoms. The molecule has 7 heteroatoms. The Morgan fingerprint density at radius 2 is 1.76 bits per heavy atom. The normalized spacial score (nSPS) is 24.1. The maximum Gasteiger partial charge on any atom is 0.328 e. The van der Waals surface area contributed by atoms with Crippen molar-refractivity contribution >= 4 is 21.9 Å². The Labute approximate surface area is 101 Å². The van der Waals surface area contributed by atoms with Crippen molar-refractivity contribution in [2.45, 2.75) is 45.4 Å². The number of carboxylic acid groups (broad SMARTS) is 1. The first kappa shape index (κ1) is 14.0. The summed E-state index contributed by atoms with van der Waals surface area (Å²) in [6.45, 7) is 7.31. The van der Waals surface area contributed by atoms with Crippen LogP contribution in [0.25, 0.3) is 0 Å². The molecule has 0 aliphatic carbocycles. The third-order valence-corrected chi connectivity index (χ3v) is 5.27. The zero-order valence-corrected chi connectivity index (χ0v) is 11.3. The Bertz CT molecular complexity index is 471. The molecule has 1 rings (SSSR count). The smallest absolute Gasteiger partial charge is 0.328 e. The molecule has 6 nitrogen and oxygen atoms in total. The van der Waals surface area contributed by atoms with Crippen LogP contribution in [-0.2, 0) is 19.6 Å². The third-order valence-electron chi connectivity index (χ3n) is 2.91. The van der Waals surface area contributed by atoms with Gasteiger partial charge in [0.15, 0.2) is 4.75 Å². The largest absolute Gasteiger partial charge is 0.480 e. The van der Waals surface area contributed by atoms with Gasteiger partial charge in [-0.3, -0.25) is 4.79 Å². The lowest BCUT2D eigenvalue weighted by atomic mass is 9.86. The van der Waals surface area contributed by atoms with Crippen molar-refractivity contribution in [3.05, 3.63) is 0 Å². The summed E-state index contributed by atoms with van der Waals surface area (Å²) >= 11 is 0. The molecule has 0 saturated carbocycles. The molecule has 1 heterocycles. The predicted molar refractivity (Wildman–Crippen MR) is 60.7 cm³/mol. The molecule has 0 aromatic heterocycles. The number of hydrogen-bond donors (Lipinski definition) is 1. The number of aliphatic carboxylic acids is 1. The Balaban J connectivity index is 3.28. The molecular formula is C10H17NO5S. The lowest BCUT2D eigenvalue weighted by molar-refractivity contribution is -0.153. The summed E-state index contributed by atoms with van der Waals surface area (Å²) in [6, 6.07) is -1.37. The predicted octanol–water partition coefficient (Wildman–Crippen LogP) is 0.436. The van der Waals surface area contributed by atoms with Gasteiger partial charge in [-0.05, 0) is 19.3 Å². The second-order valence-electron chi connectivity index (χ2n) is 5.72. The summed E-state index contributed by atoms with van der Waals surface area (Å²) in [7, 11) is -3.87. The molecule has 1 atom stereocenters. The molecule has 1 amide bonds. The summed E-state index contributed by atoms with van der Waals surface area (Å²) in [6.07, 6.45) is 0. The highest BCUT2D eigenvalue weighted by atomic mass is 32.2. The monoisotopic (exact) mass is 263 g/mol. The number of hydrogen-bond acceptors (Lipinski definition) is 4. The summed E-state index contributed by atoms with van der Waals surface area (Å²) in [5.41, 5.74) is -0.856. The molecule has 0 radical (unpaired) electrons. The molecule has 1 unspecified atom stereocenters. The van der Waals surface area contributed by atoms with Crippen LogP contribution >= 0.6 is 0 Å². The molecule has 1 aliphatic rings. The number of rotatable bonds is 2. The maximum absolute atomic E-state index is 11.9. The molecule has 1 aliphatic heterocycles. The van der Waals surface area contributed by atoms with E-state index >= 15 is 0 Å². The van der Waals surface area contributed by atoms with Crippen molar-refractivity contribution in [2.24, 2.45) is 5.41 Å². The zero-order chi connectivity index (χ0) is 13.8. The van der Waals surface area contributed by atoms with E-state index in [-0.39, 0.29) is 0 Å². The van der Waals surface area contributed by atoms with Gasteiger partial charge < -0.3 is 5.11 Å². The fraction of sp³-hybridized carbons (Fsp3) is 0.800. The van der Waals surface area contributed by atoms with Crippen molar-refractivity contribution < 1.29 is 23.1 Å². The number of carbonyl (C=O) groups is 2. The van der Waals surface area contributed by atoms with Crippen molar-refractivity contribution in [2.75, 3.05) is 0 Å². The quantitative estimate of drug-likeness (QED) is 0.780. The Morgan fingerprint density at radius 3 is 2.00 bits per heavy atom. The fourth-order valence-corrected chi connectivity index (χ4v) is 3.58. The number of sulfonamides is 1. The van der Waals surface area contributed by atoms with Crippen LogP contribution in [0.5, 0.6) is 0 Å². The van der Waals surface area contributed by atoms with E-state index in [9.17, 15) is 18.0 Å². The van der Waals surface area contributed by atoms with E-state index in [0.29, 0.717) is 4.31 Å². The highest BCUT2D eigenvalue weighted by molar-refractivity contribution is 7.94. The topological polar surface area (TPSA) is 91.8 Å². The van der Waals surface area contributed by atoms with Crippen LogP contribution in [0.2, 0.25) is 0 Å². The van der Waals surface area contributed by atoms with E-state index in [4.69, 9.17) is 5.11 Å². The molecule has 0 aromatic rings. The van der Waals surface area contributed by atoms with E-state index in [0.717, 1.165) is 0 Å². The highest BCUT2D eigenvalue weighted by Crippen LogP contribution is 2.41. The molecule has 98 valence electrons. The van der Waals surface area contributed by atoms with Crippen LogP contribution in [0.4, 0.5) is 0 Å². The first-order valence-electron chi connectivity index (χ1n) is 5.16. The number of carbonyl (C=O) groups excluding carboxylic acids is 1. The van der Waals surface area contributed by atoms with E-state index in [1.807, 2.05) is 0 Å². The number of carboxylic acids is 1. The van der Waals surface area contributed by atoms with Crippen LogP contribution in [0.15, 0.2) is 0 Å². The van der Waals surface area contributed by atoms with Crippen LogP contribution in [0.1, 0.15) is 34.6 Å². The molecule has 1 N–H and O–H groups in total. The van der Waals surface area contributed by atoms with Crippen molar-refractivity contribution in [1.29, 1.82) is 0 Å². The Hall–Kier alpha value is -1.11. The molecule has 0 bridgehead atoms. The summed E-state index contributed by atoms with van der Waals surface area (Å²) in [5.74, 6) is -1.98. The third kappa shape index (κ3) is 1.72. The molecule has 1 saturated heterocycles. The van der Waals surface area contributed by atoms with Crippen LogP contribution in [0, 0.1) is 5.41 Å². The van der Waals surface area contributed by atoms with E-state index in [1.165, 1.54) is 13.8 Å². The first-order chi connectivity index (χ1) is 7.35. The van der Waals surface area contributed by atoms with Crippen LogP contribution in [-0.4, -0.2) is 40.5 Å². The second kappa shape index (κ2) is 3.44. The van der Waals surface area contributed by atoms with Gasteiger partial charge in [0.25, 0.3) is 15.9 Å². The lowest BCUT2D eigenvalue weighted by Gasteiger charge is -2.48. The van der Waals surface area contributed by atoms with E-state index in [2.05, 4.69) is 0 Å². The summed E-state index contributed by atoms with van der Waals surface area (Å²) in [4.78, 5) is 22.9. The first-order valence-corrected chi connectivity index (χ1v) is 6.60. The van der Waals surface area contributed by atoms with Crippen LogP contribution < -0.4 is 0 Å². The highest BCUT2D eigenvalue weighted by Gasteiger charge is 2.65. The average Bonchev–Trinajstić information content (AvgIpc) is 2.09. The second-order valence-corrected chi connectivity index (χ2v) is 8.09. The maximum atomic E-state index is 11.9. The van der Waals surface area contributed by atoms with Crippen molar-refractivity contribution in [3.8, 4) is 0 Å². The van der Waals surface area contributed by atoms with Gasteiger partial charge in [-0.2, -0.15) is 0 Å². The minimum Gasteiger partial charge on any atom is -0.480 e. The number of amides is 1. The van der Waals surface area contributed by atoms with Gasteiger partial charge in [-0.15, -0.1) is 0 Å². The number of nitrogens with zero attached hydrogens (tertiary/aromatic N) is 1. The van der Waals surface area contributed by atoms with Crippen molar-refractivity contribution in [1.82, 2.24) is 4.31 Å². The molecular weight excluding hydrogens is 246 g/mol. The van der Waals surface area contributed by atoms with Gasteiger partial charge in [-0.25, -0.2) is 17.5 Å². The minimum atomic E-state index is -3.87. The molecule has 0 spiro atoms. The molecule has 0 aromatic carbocycles. The minimum absolute atomic E-state index is 0.495. The van der Waals surface area contributed by atoms with Gasteiger partial charge in [-0.1, -0.05) is 20.8 Å². The summed E-state index contributed by atoms with van der Waals surface area (Å²) < 4.78 is 22.8. The Kier molecular flexibility index (Phi) is 2.83.